The molecule has 1 fully saturated rings. The lowest BCUT2D eigenvalue weighted by Crippen LogP contribution is -2.30. The summed E-state index contributed by atoms with van der Waals surface area (Å²) in [5.41, 5.74) is 5.73. The van der Waals surface area contributed by atoms with E-state index in [4.69, 9.17) is 5.73 Å². The second-order valence-corrected chi connectivity index (χ2v) is 6.83. The van der Waals surface area contributed by atoms with Gasteiger partial charge in [0.15, 0.2) is 0 Å². The summed E-state index contributed by atoms with van der Waals surface area (Å²) in [6, 6.07) is 0.385. The summed E-state index contributed by atoms with van der Waals surface area (Å²) < 4.78 is 0. The molecule has 1 aromatic rings. The second kappa shape index (κ2) is 6.64. The van der Waals surface area contributed by atoms with Crippen LogP contribution in [-0.2, 0) is 0 Å². The Kier molecular flexibility index (Phi) is 5.15. The molecule has 3 nitrogen and oxygen atoms in total. The number of aromatic nitrogens is 1. The van der Waals surface area contributed by atoms with Crippen molar-refractivity contribution in [1.82, 2.24) is 10.3 Å². The van der Waals surface area contributed by atoms with Gasteiger partial charge in [0.1, 0.15) is 5.01 Å². The lowest BCUT2D eigenvalue weighted by molar-refractivity contribution is 0.267. The number of rotatable bonds is 5. The quantitative estimate of drug-likeness (QED) is 0.862. The maximum Gasteiger partial charge on any atom is 0.109 e. The molecule has 0 saturated heterocycles. The summed E-state index contributed by atoms with van der Waals surface area (Å²) >= 11 is 1.80. The van der Waals surface area contributed by atoms with Crippen LogP contribution in [0, 0.1) is 18.8 Å². The summed E-state index contributed by atoms with van der Waals surface area (Å²) in [7, 11) is 0. The highest BCUT2D eigenvalue weighted by Crippen LogP contribution is 2.28. The van der Waals surface area contributed by atoms with Crippen LogP contribution < -0.4 is 11.1 Å². The van der Waals surface area contributed by atoms with Crippen LogP contribution in [0.1, 0.15) is 48.5 Å². The van der Waals surface area contributed by atoms with Crippen molar-refractivity contribution in [2.24, 2.45) is 17.6 Å². The molecule has 1 aliphatic carbocycles. The lowest BCUT2D eigenvalue weighted by Gasteiger charge is -2.28. The monoisotopic (exact) mass is 267 g/mol. The average Bonchev–Trinajstić information content (AvgIpc) is 2.83. The Morgan fingerprint density at radius 3 is 2.61 bits per heavy atom. The SMILES string of the molecule is Cc1cnc(C(C)NCC2CCC(CN)CC2)s1. The van der Waals surface area contributed by atoms with Crippen LogP contribution in [0.15, 0.2) is 6.20 Å². The number of nitrogens with zero attached hydrogens (tertiary/aromatic N) is 1. The minimum atomic E-state index is 0.385. The van der Waals surface area contributed by atoms with Crippen molar-refractivity contribution in [3.8, 4) is 0 Å². The number of thiazole rings is 1. The van der Waals surface area contributed by atoms with Crippen molar-refractivity contribution in [1.29, 1.82) is 0 Å². The van der Waals surface area contributed by atoms with Crippen molar-refractivity contribution in [3.05, 3.63) is 16.1 Å². The summed E-state index contributed by atoms with van der Waals surface area (Å²) in [6.45, 7) is 6.32. The van der Waals surface area contributed by atoms with Crippen molar-refractivity contribution in [2.75, 3.05) is 13.1 Å². The van der Waals surface area contributed by atoms with Crippen molar-refractivity contribution >= 4 is 11.3 Å². The molecule has 1 unspecified atom stereocenters. The Hall–Kier alpha value is -0.450. The Balaban J connectivity index is 1.72. The third-order valence-corrected chi connectivity index (χ3v) is 5.12. The Bertz CT molecular complexity index is 356. The molecule has 0 spiro atoms. The Morgan fingerprint density at radius 1 is 1.39 bits per heavy atom. The molecule has 0 bridgehead atoms. The minimum Gasteiger partial charge on any atom is -0.330 e. The topological polar surface area (TPSA) is 50.9 Å². The maximum atomic E-state index is 5.73. The molecule has 18 heavy (non-hydrogen) atoms. The molecule has 0 radical (unpaired) electrons. The van der Waals surface area contributed by atoms with Crippen LogP contribution in [-0.4, -0.2) is 18.1 Å². The van der Waals surface area contributed by atoms with Gasteiger partial charge in [-0.05, 0) is 64.5 Å². The number of hydrogen-bond donors (Lipinski definition) is 2. The van der Waals surface area contributed by atoms with Crippen LogP contribution >= 0.6 is 11.3 Å². The number of hydrogen-bond acceptors (Lipinski definition) is 4. The first-order valence-electron chi connectivity index (χ1n) is 7.04. The van der Waals surface area contributed by atoms with Crippen LogP contribution in [0.3, 0.4) is 0 Å². The van der Waals surface area contributed by atoms with Gasteiger partial charge in [-0.3, -0.25) is 0 Å². The van der Waals surface area contributed by atoms with E-state index < -0.39 is 0 Å². The highest BCUT2D eigenvalue weighted by Gasteiger charge is 2.20. The van der Waals surface area contributed by atoms with E-state index in [2.05, 4.69) is 24.1 Å². The van der Waals surface area contributed by atoms with E-state index >= 15 is 0 Å². The van der Waals surface area contributed by atoms with E-state index in [1.165, 1.54) is 35.6 Å². The lowest BCUT2D eigenvalue weighted by atomic mass is 9.82. The van der Waals surface area contributed by atoms with Crippen LogP contribution in [0.5, 0.6) is 0 Å². The minimum absolute atomic E-state index is 0.385. The first-order valence-corrected chi connectivity index (χ1v) is 7.86. The molecule has 4 heteroatoms. The van der Waals surface area contributed by atoms with Gasteiger partial charge in [0, 0.05) is 11.1 Å². The van der Waals surface area contributed by atoms with Crippen LogP contribution in [0.4, 0.5) is 0 Å². The zero-order valence-electron chi connectivity index (χ0n) is 11.5. The standard InChI is InChI=1S/C14H25N3S/c1-10-8-17-14(18-10)11(2)16-9-13-5-3-12(7-15)4-6-13/h8,11-13,16H,3-7,9,15H2,1-2H3. The number of nitrogens with one attached hydrogen (secondary N) is 1. The molecule has 1 atom stereocenters. The molecule has 1 saturated carbocycles. The van der Waals surface area contributed by atoms with Gasteiger partial charge in [-0.2, -0.15) is 0 Å². The summed E-state index contributed by atoms with van der Waals surface area (Å²) in [5.74, 6) is 1.61. The first kappa shape index (κ1) is 14.0. The van der Waals surface area contributed by atoms with Gasteiger partial charge in [-0.25, -0.2) is 4.98 Å². The van der Waals surface area contributed by atoms with Gasteiger partial charge in [0.25, 0.3) is 0 Å². The highest BCUT2D eigenvalue weighted by molar-refractivity contribution is 7.11. The van der Waals surface area contributed by atoms with E-state index in [1.807, 2.05) is 6.20 Å². The van der Waals surface area contributed by atoms with E-state index in [0.29, 0.717) is 6.04 Å². The predicted molar refractivity (Wildman–Crippen MR) is 77.8 cm³/mol. The van der Waals surface area contributed by atoms with Gasteiger partial charge in [0.2, 0.25) is 0 Å². The molecule has 0 amide bonds. The Labute approximate surface area is 114 Å². The summed E-state index contributed by atoms with van der Waals surface area (Å²) in [5, 5.41) is 4.84. The normalized spacial score (nSPS) is 26.2. The van der Waals surface area contributed by atoms with Gasteiger partial charge < -0.3 is 11.1 Å². The van der Waals surface area contributed by atoms with Crippen LogP contribution in [0.2, 0.25) is 0 Å². The first-order chi connectivity index (χ1) is 8.69. The number of nitrogens with two attached hydrogens (primary N) is 1. The van der Waals surface area contributed by atoms with E-state index in [-0.39, 0.29) is 0 Å². The van der Waals surface area contributed by atoms with Gasteiger partial charge in [0.05, 0.1) is 6.04 Å². The smallest absolute Gasteiger partial charge is 0.109 e. The van der Waals surface area contributed by atoms with Gasteiger partial charge in [-0.1, -0.05) is 0 Å². The third-order valence-electron chi connectivity index (χ3n) is 4.02. The van der Waals surface area contributed by atoms with E-state index in [0.717, 1.165) is 24.9 Å². The third kappa shape index (κ3) is 3.77. The van der Waals surface area contributed by atoms with E-state index in [1.54, 1.807) is 11.3 Å². The second-order valence-electron chi connectivity index (χ2n) is 5.56. The molecular formula is C14H25N3S. The van der Waals surface area contributed by atoms with Crippen molar-refractivity contribution < 1.29 is 0 Å². The van der Waals surface area contributed by atoms with E-state index in [9.17, 15) is 0 Å². The molecule has 1 heterocycles. The van der Waals surface area contributed by atoms with Crippen molar-refractivity contribution in [2.45, 2.75) is 45.6 Å². The van der Waals surface area contributed by atoms with Crippen molar-refractivity contribution in [3.63, 3.8) is 0 Å². The average molecular weight is 267 g/mol. The molecule has 1 aliphatic rings. The molecule has 2 rings (SSSR count). The van der Waals surface area contributed by atoms with Gasteiger partial charge >= 0.3 is 0 Å². The molecule has 3 N–H and O–H groups in total. The Morgan fingerprint density at radius 2 is 2.06 bits per heavy atom. The largest absolute Gasteiger partial charge is 0.330 e. The summed E-state index contributed by atoms with van der Waals surface area (Å²) in [4.78, 5) is 5.74. The molecule has 1 aromatic heterocycles. The zero-order valence-corrected chi connectivity index (χ0v) is 12.3. The summed E-state index contributed by atoms with van der Waals surface area (Å²) in [6.07, 6.45) is 7.25. The fraction of sp³-hybridized carbons (Fsp3) is 0.786. The fourth-order valence-electron chi connectivity index (χ4n) is 2.67. The predicted octanol–water partition coefficient (Wildman–Crippen LogP) is 2.87. The maximum absolute atomic E-state index is 5.73. The molecule has 102 valence electrons. The molecule has 0 aromatic carbocycles. The van der Waals surface area contributed by atoms with Gasteiger partial charge in [-0.15, -0.1) is 11.3 Å². The zero-order chi connectivity index (χ0) is 13.0. The fourth-order valence-corrected chi connectivity index (χ4v) is 3.48. The molecular weight excluding hydrogens is 242 g/mol. The van der Waals surface area contributed by atoms with Crippen LogP contribution in [0.25, 0.3) is 0 Å². The number of aryl methyl sites for hydroxylation is 1. The highest BCUT2D eigenvalue weighted by atomic mass is 32.1. The molecule has 0 aliphatic heterocycles.